The molecular weight excluding hydrogens is 257 g/mol. The van der Waals surface area contributed by atoms with Crippen LogP contribution >= 0.6 is 0 Å². The van der Waals surface area contributed by atoms with Gasteiger partial charge in [0.1, 0.15) is 5.82 Å². The fraction of sp³-hybridized carbons (Fsp3) is 0.286. The SMILES string of the molecule is Cc1n[nH]c(C)c1C1CN=C(N)N1c1cccc(F)c1. The number of aliphatic imine (C=N–C) groups is 1. The Morgan fingerprint density at radius 1 is 1.40 bits per heavy atom. The molecule has 20 heavy (non-hydrogen) atoms. The second-order valence-electron chi connectivity index (χ2n) is 4.91. The zero-order valence-electron chi connectivity index (χ0n) is 11.4. The first kappa shape index (κ1) is 12.7. The number of hydrogen-bond donors (Lipinski definition) is 2. The molecule has 1 aromatic heterocycles. The fourth-order valence-electron chi connectivity index (χ4n) is 2.71. The van der Waals surface area contributed by atoms with Crippen molar-refractivity contribution in [3.05, 3.63) is 47.0 Å². The lowest BCUT2D eigenvalue weighted by atomic mass is 10.0. The summed E-state index contributed by atoms with van der Waals surface area (Å²) >= 11 is 0. The van der Waals surface area contributed by atoms with Gasteiger partial charge in [-0.05, 0) is 32.0 Å². The van der Waals surface area contributed by atoms with E-state index >= 15 is 0 Å². The number of anilines is 1. The van der Waals surface area contributed by atoms with Gasteiger partial charge in [0.05, 0.1) is 18.3 Å². The number of aromatic nitrogens is 2. The summed E-state index contributed by atoms with van der Waals surface area (Å²) in [5.41, 5.74) is 9.65. The molecule has 5 nitrogen and oxygen atoms in total. The first-order chi connectivity index (χ1) is 9.58. The smallest absolute Gasteiger partial charge is 0.196 e. The van der Waals surface area contributed by atoms with E-state index in [9.17, 15) is 4.39 Å². The third-order valence-corrected chi connectivity index (χ3v) is 3.59. The fourth-order valence-corrected chi connectivity index (χ4v) is 2.71. The number of halogens is 1. The summed E-state index contributed by atoms with van der Waals surface area (Å²) in [6.45, 7) is 4.45. The van der Waals surface area contributed by atoms with Crippen LogP contribution in [0.2, 0.25) is 0 Å². The van der Waals surface area contributed by atoms with E-state index in [4.69, 9.17) is 5.73 Å². The van der Waals surface area contributed by atoms with Gasteiger partial charge in [-0.15, -0.1) is 0 Å². The highest BCUT2D eigenvalue weighted by Gasteiger charge is 2.32. The molecule has 104 valence electrons. The van der Waals surface area contributed by atoms with Crippen molar-refractivity contribution in [3.63, 3.8) is 0 Å². The minimum absolute atomic E-state index is 0.0458. The van der Waals surface area contributed by atoms with Gasteiger partial charge in [0, 0.05) is 16.9 Å². The molecule has 0 aliphatic carbocycles. The van der Waals surface area contributed by atoms with Crippen LogP contribution in [0.15, 0.2) is 29.3 Å². The van der Waals surface area contributed by atoms with E-state index in [2.05, 4.69) is 15.2 Å². The molecule has 3 N–H and O–H groups in total. The average molecular weight is 273 g/mol. The van der Waals surface area contributed by atoms with Crippen LogP contribution in [0.1, 0.15) is 23.0 Å². The van der Waals surface area contributed by atoms with Gasteiger partial charge >= 0.3 is 0 Å². The molecule has 1 aliphatic rings. The van der Waals surface area contributed by atoms with E-state index in [1.807, 2.05) is 24.8 Å². The highest BCUT2D eigenvalue weighted by atomic mass is 19.1. The lowest BCUT2D eigenvalue weighted by Crippen LogP contribution is -2.36. The summed E-state index contributed by atoms with van der Waals surface area (Å²) < 4.78 is 13.4. The zero-order chi connectivity index (χ0) is 14.3. The first-order valence-electron chi connectivity index (χ1n) is 6.44. The standard InChI is InChI=1S/C14H16FN5/c1-8-13(9(2)19-18-8)12-7-17-14(16)20(12)11-5-3-4-10(15)6-11/h3-6,12H,7H2,1-2H3,(H2,16,17)(H,18,19). The summed E-state index contributed by atoms with van der Waals surface area (Å²) in [5, 5.41) is 7.18. The van der Waals surface area contributed by atoms with E-state index in [0.29, 0.717) is 18.2 Å². The van der Waals surface area contributed by atoms with Crippen molar-refractivity contribution >= 4 is 11.6 Å². The number of aryl methyl sites for hydroxylation is 2. The molecule has 0 saturated carbocycles. The minimum Gasteiger partial charge on any atom is -0.369 e. The Bertz CT molecular complexity index is 656. The molecule has 0 saturated heterocycles. The number of H-pyrrole nitrogens is 1. The summed E-state index contributed by atoms with van der Waals surface area (Å²) in [7, 11) is 0. The Morgan fingerprint density at radius 2 is 2.20 bits per heavy atom. The Morgan fingerprint density at radius 3 is 2.85 bits per heavy atom. The number of nitrogens with two attached hydrogens (primary N) is 1. The maximum atomic E-state index is 13.4. The Hall–Kier alpha value is -2.37. The van der Waals surface area contributed by atoms with Gasteiger partial charge in [-0.3, -0.25) is 10.1 Å². The summed E-state index contributed by atoms with van der Waals surface area (Å²) in [6, 6.07) is 6.33. The van der Waals surface area contributed by atoms with E-state index in [1.165, 1.54) is 12.1 Å². The molecule has 3 rings (SSSR count). The topological polar surface area (TPSA) is 70.3 Å². The van der Waals surface area contributed by atoms with E-state index in [-0.39, 0.29) is 11.9 Å². The number of benzene rings is 1. The molecule has 2 aromatic rings. The van der Waals surface area contributed by atoms with Gasteiger partial charge in [-0.1, -0.05) is 6.07 Å². The highest BCUT2D eigenvalue weighted by Crippen LogP contribution is 2.33. The van der Waals surface area contributed by atoms with Crippen LogP contribution < -0.4 is 10.6 Å². The van der Waals surface area contributed by atoms with E-state index in [1.54, 1.807) is 6.07 Å². The van der Waals surface area contributed by atoms with Crippen LogP contribution in [0, 0.1) is 19.7 Å². The van der Waals surface area contributed by atoms with Crippen molar-refractivity contribution in [1.82, 2.24) is 10.2 Å². The van der Waals surface area contributed by atoms with Gasteiger partial charge in [0.25, 0.3) is 0 Å². The third-order valence-electron chi connectivity index (χ3n) is 3.59. The van der Waals surface area contributed by atoms with E-state index in [0.717, 1.165) is 17.0 Å². The predicted octanol–water partition coefficient (Wildman–Crippen LogP) is 2.04. The van der Waals surface area contributed by atoms with Gasteiger partial charge in [-0.25, -0.2) is 4.39 Å². The maximum absolute atomic E-state index is 13.4. The van der Waals surface area contributed by atoms with Crippen molar-refractivity contribution in [1.29, 1.82) is 0 Å². The Balaban J connectivity index is 2.05. The van der Waals surface area contributed by atoms with Crippen molar-refractivity contribution < 1.29 is 4.39 Å². The molecule has 0 bridgehead atoms. The van der Waals surface area contributed by atoms with Crippen molar-refractivity contribution in [2.75, 3.05) is 11.4 Å². The predicted molar refractivity (Wildman–Crippen MR) is 76.2 cm³/mol. The van der Waals surface area contributed by atoms with Crippen molar-refractivity contribution in [2.45, 2.75) is 19.9 Å². The van der Waals surface area contributed by atoms with Gasteiger partial charge < -0.3 is 10.6 Å². The third kappa shape index (κ3) is 1.93. The number of guanidine groups is 1. The number of rotatable bonds is 2. The summed E-state index contributed by atoms with van der Waals surface area (Å²) in [5.74, 6) is 0.113. The molecule has 1 aliphatic heterocycles. The molecule has 6 heteroatoms. The number of nitrogens with one attached hydrogen (secondary N) is 1. The summed E-state index contributed by atoms with van der Waals surface area (Å²) in [4.78, 5) is 6.15. The lowest BCUT2D eigenvalue weighted by molar-refractivity contribution is 0.626. The quantitative estimate of drug-likeness (QED) is 0.879. The van der Waals surface area contributed by atoms with Crippen LogP contribution in [-0.4, -0.2) is 22.7 Å². The number of aromatic amines is 1. The molecule has 1 unspecified atom stereocenters. The second kappa shape index (κ2) is 4.63. The molecule has 1 atom stereocenters. The van der Waals surface area contributed by atoms with Crippen LogP contribution in [0.5, 0.6) is 0 Å². The van der Waals surface area contributed by atoms with Crippen LogP contribution in [0.4, 0.5) is 10.1 Å². The Kier molecular flexibility index (Phi) is 2.93. The van der Waals surface area contributed by atoms with Crippen molar-refractivity contribution in [3.8, 4) is 0 Å². The van der Waals surface area contributed by atoms with Gasteiger partial charge in [-0.2, -0.15) is 5.10 Å². The second-order valence-corrected chi connectivity index (χ2v) is 4.91. The minimum atomic E-state index is -0.290. The first-order valence-corrected chi connectivity index (χ1v) is 6.44. The van der Waals surface area contributed by atoms with Crippen molar-refractivity contribution in [2.24, 2.45) is 10.7 Å². The molecule has 0 spiro atoms. The lowest BCUT2D eigenvalue weighted by Gasteiger charge is -2.26. The molecule has 0 fully saturated rings. The van der Waals surface area contributed by atoms with Crippen LogP contribution in [0.3, 0.4) is 0 Å². The molecule has 2 heterocycles. The summed E-state index contributed by atoms with van der Waals surface area (Å²) in [6.07, 6.45) is 0. The molecular formula is C14H16FN5. The highest BCUT2D eigenvalue weighted by molar-refractivity contribution is 5.97. The Labute approximate surface area is 116 Å². The monoisotopic (exact) mass is 273 g/mol. The van der Waals surface area contributed by atoms with Gasteiger partial charge in [0.2, 0.25) is 0 Å². The van der Waals surface area contributed by atoms with Crippen LogP contribution in [0.25, 0.3) is 0 Å². The van der Waals surface area contributed by atoms with Gasteiger partial charge in [0.15, 0.2) is 5.96 Å². The molecule has 0 amide bonds. The number of nitrogens with zero attached hydrogens (tertiary/aromatic N) is 3. The molecule has 1 aromatic carbocycles. The zero-order valence-corrected chi connectivity index (χ0v) is 11.4. The maximum Gasteiger partial charge on any atom is 0.196 e. The molecule has 0 radical (unpaired) electrons. The average Bonchev–Trinajstić information content (AvgIpc) is 2.93. The van der Waals surface area contributed by atoms with E-state index < -0.39 is 0 Å². The van der Waals surface area contributed by atoms with Crippen LogP contribution in [-0.2, 0) is 0 Å². The number of hydrogen-bond acceptors (Lipinski definition) is 4. The normalized spacial score (nSPS) is 18.4. The largest absolute Gasteiger partial charge is 0.369 e.